The standard InChI is InChI=1S/C14H16N4O/c19-13(9-11-5-4-6-11)16-14-17-15-10-18(14)12-7-2-1-3-8-12/h1-3,7-8,10-11H,4-6,9H2,(H,16,17,19). The smallest absolute Gasteiger partial charge is 0.235 e. The van der Waals surface area contributed by atoms with Crippen LogP contribution in [0.1, 0.15) is 25.7 Å². The molecule has 1 amide bonds. The highest BCUT2D eigenvalue weighted by atomic mass is 16.1. The SMILES string of the molecule is O=C(CC1CCC1)Nc1nncn1-c1ccccc1. The second-order valence-electron chi connectivity index (χ2n) is 4.91. The Morgan fingerprint density at radius 1 is 1.32 bits per heavy atom. The third-order valence-electron chi connectivity index (χ3n) is 3.53. The second kappa shape index (κ2) is 5.22. The number of amides is 1. The Labute approximate surface area is 111 Å². The van der Waals surface area contributed by atoms with Gasteiger partial charge in [-0.25, -0.2) is 0 Å². The van der Waals surface area contributed by atoms with Crippen molar-refractivity contribution >= 4 is 11.9 Å². The topological polar surface area (TPSA) is 59.8 Å². The predicted molar refractivity (Wildman–Crippen MR) is 71.9 cm³/mol. The number of carbonyl (C=O) groups excluding carboxylic acids is 1. The Morgan fingerprint density at radius 2 is 2.11 bits per heavy atom. The average Bonchev–Trinajstić information content (AvgIpc) is 2.83. The van der Waals surface area contributed by atoms with Crippen LogP contribution in [0.5, 0.6) is 0 Å². The molecule has 1 aliphatic rings. The van der Waals surface area contributed by atoms with Crippen molar-refractivity contribution in [2.24, 2.45) is 5.92 Å². The zero-order chi connectivity index (χ0) is 13.1. The van der Waals surface area contributed by atoms with Crippen molar-refractivity contribution in [3.63, 3.8) is 0 Å². The molecule has 0 saturated heterocycles. The van der Waals surface area contributed by atoms with Crippen molar-refractivity contribution in [2.75, 3.05) is 5.32 Å². The summed E-state index contributed by atoms with van der Waals surface area (Å²) in [6.45, 7) is 0. The molecule has 0 aliphatic heterocycles. The fraction of sp³-hybridized carbons (Fsp3) is 0.357. The van der Waals surface area contributed by atoms with Crippen LogP contribution < -0.4 is 5.32 Å². The molecule has 1 N–H and O–H groups in total. The molecule has 0 atom stereocenters. The Morgan fingerprint density at radius 3 is 2.79 bits per heavy atom. The zero-order valence-corrected chi connectivity index (χ0v) is 10.6. The maximum absolute atomic E-state index is 11.9. The number of carbonyl (C=O) groups is 1. The third-order valence-corrected chi connectivity index (χ3v) is 3.53. The maximum atomic E-state index is 11.9. The molecule has 98 valence electrons. The minimum atomic E-state index is 0.0230. The summed E-state index contributed by atoms with van der Waals surface area (Å²) < 4.78 is 1.78. The first-order chi connectivity index (χ1) is 9.33. The summed E-state index contributed by atoms with van der Waals surface area (Å²) in [5.41, 5.74) is 0.937. The third kappa shape index (κ3) is 2.65. The van der Waals surface area contributed by atoms with Crippen LogP contribution in [0.2, 0.25) is 0 Å². The van der Waals surface area contributed by atoms with Gasteiger partial charge in [0.15, 0.2) is 0 Å². The number of hydrogen-bond acceptors (Lipinski definition) is 3. The van der Waals surface area contributed by atoms with E-state index in [1.807, 2.05) is 30.3 Å². The average molecular weight is 256 g/mol. The number of nitrogens with one attached hydrogen (secondary N) is 1. The fourth-order valence-electron chi connectivity index (χ4n) is 2.23. The number of rotatable bonds is 4. The number of nitrogens with zero attached hydrogens (tertiary/aromatic N) is 3. The van der Waals surface area contributed by atoms with Gasteiger partial charge in [-0.05, 0) is 30.9 Å². The quantitative estimate of drug-likeness (QED) is 0.913. The van der Waals surface area contributed by atoms with Crippen molar-refractivity contribution in [2.45, 2.75) is 25.7 Å². The van der Waals surface area contributed by atoms with Crippen LogP contribution in [0, 0.1) is 5.92 Å². The first-order valence-electron chi connectivity index (χ1n) is 6.58. The second-order valence-corrected chi connectivity index (χ2v) is 4.91. The number of para-hydroxylation sites is 1. The molecule has 1 aromatic carbocycles. The normalized spacial score (nSPS) is 14.9. The van der Waals surface area contributed by atoms with Gasteiger partial charge in [-0.2, -0.15) is 0 Å². The van der Waals surface area contributed by atoms with E-state index in [0.717, 1.165) is 5.69 Å². The Kier molecular flexibility index (Phi) is 3.27. The lowest BCUT2D eigenvalue weighted by Crippen LogP contribution is -2.22. The molecule has 1 saturated carbocycles. The minimum Gasteiger partial charge on any atom is -0.294 e. The molecular weight excluding hydrogens is 240 g/mol. The van der Waals surface area contributed by atoms with Gasteiger partial charge in [0.1, 0.15) is 6.33 Å². The summed E-state index contributed by atoms with van der Waals surface area (Å²) in [5, 5.41) is 10.7. The molecule has 5 nitrogen and oxygen atoms in total. The first-order valence-corrected chi connectivity index (χ1v) is 6.58. The van der Waals surface area contributed by atoms with E-state index in [-0.39, 0.29) is 5.91 Å². The summed E-state index contributed by atoms with van der Waals surface area (Å²) in [6.07, 6.45) is 5.77. The fourth-order valence-corrected chi connectivity index (χ4v) is 2.23. The van der Waals surface area contributed by atoms with E-state index >= 15 is 0 Å². The molecule has 0 radical (unpaired) electrons. The van der Waals surface area contributed by atoms with Crippen molar-refractivity contribution in [1.29, 1.82) is 0 Å². The summed E-state index contributed by atoms with van der Waals surface area (Å²) in [5.74, 6) is 1.05. The van der Waals surface area contributed by atoms with Crippen LogP contribution in [-0.4, -0.2) is 20.7 Å². The van der Waals surface area contributed by atoms with Crippen LogP contribution in [0.3, 0.4) is 0 Å². The molecule has 0 bridgehead atoms. The van der Waals surface area contributed by atoms with E-state index < -0.39 is 0 Å². The lowest BCUT2D eigenvalue weighted by molar-refractivity contribution is -0.117. The van der Waals surface area contributed by atoms with Gasteiger partial charge in [0.05, 0.1) is 5.69 Å². The van der Waals surface area contributed by atoms with Crippen LogP contribution >= 0.6 is 0 Å². The molecule has 1 heterocycles. The van der Waals surface area contributed by atoms with Crippen molar-refractivity contribution in [3.8, 4) is 5.69 Å². The van der Waals surface area contributed by atoms with Crippen LogP contribution in [0.4, 0.5) is 5.95 Å². The van der Waals surface area contributed by atoms with Gasteiger partial charge in [0.25, 0.3) is 0 Å². The monoisotopic (exact) mass is 256 g/mol. The van der Waals surface area contributed by atoms with Gasteiger partial charge in [-0.15, -0.1) is 10.2 Å². The van der Waals surface area contributed by atoms with E-state index in [1.54, 1.807) is 10.9 Å². The van der Waals surface area contributed by atoms with Crippen LogP contribution in [0.15, 0.2) is 36.7 Å². The van der Waals surface area contributed by atoms with E-state index in [4.69, 9.17) is 0 Å². The molecule has 2 aromatic rings. The van der Waals surface area contributed by atoms with Gasteiger partial charge in [0.2, 0.25) is 11.9 Å². The van der Waals surface area contributed by atoms with E-state index in [1.165, 1.54) is 19.3 Å². The summed E-state index contributed by atoms with van der Waals surface area (Å²) in [4.78, 5) is 11.9. The van der Waals surface area contributed by atoms with Crippen LogP contribution in [-0.2, 0) is 4.79 Å². The molecule has 3 rings (SSSR count). The van der Waals surface area contributed by atoms with Gasteiger partial charge >= 0.3 is 0 Å². The number of aromatic nitrogens is 3. The highest BCUT2D eigenvalue weighted by molar-refractivity contribution is 5.89. The number of hydrogen-bond donors (Lipinski definition) is 1. The Balaban J connectivity index is 1.71. The number of anilines is 1. The van der Waals surface area contributed by atoms with Crippen molar-refractivity contribution in [3.05, 3.63) is 36.7 Å². The van der Waals surface area contributed by atoms with Gasteiger partial charge in [-0.1, -0.05) is 24.6 Å². The highest BCUT2D eigenvalue weighted by Gasteiger charge is 2.21. The molecule has 1 aromatic heterocycles. The van der Waals surface area contributed by atoms with Crippen molar-refractivity contribution in [1.82, 2.24) is 14.8 Å². The van der Waals surface area contributed by atoms with Gasteiger partial charge in [0, 0.05) is 6.42 Å². The summed E-state index contributed by atoms with van der Waals surface area (Å²) in [7, 11) is 0. The Bertz CT molecular complexity index is 560. The molecule has 5 heteroatoms. The van der Waals surface area contributed by atoms with Crippen LogP contribution in [0.25, 0.3) is 5.69 Å². The van der Waals surface area contributed by atoms with Gasteiger partial charge in [-0.3, -0.25) is 14.7 Å². The lowest BCUT2D eigenvalue weighted by Gasteiger charge is -2.24. The first kappa shape index (κ1) is 11.9. The lowest BCUT2D eigenvalue weighted by atomic mass is 9.83. The minimum absolute atomic E-state index is 0.0230. The summed E-state index contributed by atoms with van der Waals surface area (Å²) >= 11 is 0. The molecule has 1 aliphatic carbocycles. The van der Waals surface area contributed by atoms with E-state index in [9.17, 15) is 4.79 Å². The zero-order valence-electron chi connectivity index (χ0n) is 10.6. The van der Waals surface area contributed by atoms with E-state index in [0.29, 0.717) is 18.3 Å². The molecule has 0 unspecified atom stereocenters. The highest BCUT2D eigenvalue weighted by Crippen LogP contribution is 2.29. The molecule has 1 fully saturated rings. The Hall–Kier alpha value is -2.17. The largest absolute Gasteiger partial charge is 0.294 e. The molecule has 19 heavy (non-hydrogen) atoms. The molecular formula is C14H16N4O. The summed E-state index contributed by atoms with van der Waals surface area (Å²) in [6, 6.07) is 9.73. The van der Waals surface area contributed by atoms with Gasteiger partial charge < -0.3 is 0 Å². The van der Waals surface area contributed by atoms with Crippen molar-refractivity contribution < 1.29 is 4.79 Å². The molecule has 0 spiro atoms. The maximum Gasteiger partial charge on any atom is 0.235 e. The predicted octanol–water partition coefficient (Wildman–Crippen LogP) is 2.40. The number of benzene rings is 1. The van der Waals surface area contributed by atoms with E-state index in [2.05, 4.69) is 15.5 Å².